The van der Waals surface area contributed by atoms with Crippen LogP contribution in [0.3, 0.4) is 0 Å². The van der Waals surface area contributed by atoms with Crippen LogP contribution in [0.5, 0.6) is 0 Å². The summed E-state index contributed by atoms with van der Waals surface area (Å²) in [4.78, 5) is 39.3. The quantitative estimate of drug-likeness (QED) is 0.818. The van der Waals surface area contributed by atoms with Crippen LogP contribution in [0.2, 0.25) is 0 Å². The van der Waals surface area contributed by atoms with Crippen LogP contribution >= 0.6 is 0 Å². The van der Waals surface area contributed by atoms with Crippen molar-refractivity contribution in [2.45, 2.75) is 46.0 Å². The molecule has 2 N–H and O–H groups in total. The van der Waals surface area contributed by atoms with Gasteiger partial charge in [0.05, 0.1) is 11.3 Å². The van der Waals surface area contributed by atoms with Crippen molar-refractivity contribution in [3.05, 3.63) is 46.6 Å². The van der Waals surface area contributed by atoms with Crippen LogP contribution in [-0.4, -0.2) is 42.1 Å². The topological polar surface area (TPSA) is 126 Å². The van der Waals surface area contributed by atoms with E-state index in [4.69, 9.17) is 5.11 Å². The minimum Gasteiger partial charge on any atom is -0.478 e. The van der Waals surface area contributed by atoms with Crippen molar-refractivity contribution in [2.75, 3.05) is 0 Å². The molecule has 2 rings (SSSR count). The van der Waals surface area contributed by atoms with E-state index in [0.717, 1.165) is 0 Å². The molecule has 0 saturated heterocycles. The molecule has 2 aromatic rings. The van der Waals surface area contributed by atoms with E-state index in [1.165, 1.54) is 12.3 Å². The molecule has 0 bridgehead atoms. The molecular formula is C17H20N4O4. The maximum absolute atomic E-state index is 11.3. The van der Waals surface area contributed by atoms with Gasteiger partial charge in [-0.25, -0.2) is 29.5 Å². The fourth-order valence-corrected chi connectivity index (χ4v) is 2.42. The molecule has 0 fully saturated rings. The molecular weight excluding hydrogens is 324 g/mol. The van der Waals surface area contributed by atoms with Crippen molar-refractivity contribution < 1.29 is 19.8 Å². The second kappa shape index (κ2) is 7.33. The number of aromatic nitrogens is 4. The number of aryl methyl sites for hydroxylation is 1. The first-order chi connectivity index (χ1) is 11.7. The molecule has 0 radical (unpaired) electrons. The predicted octanol–water partition coefficient (Wildman–Crippen LogP) is 2.44. The third kappa shape index (κ3) is 4.34. The third-order valence-electron chi connectivity index (χ3n) is 3.67. The maximum atomic E-state index is 11.3. The Morgan fingerprint density at radius 1 is 1.08 bits per heavy atom. The van der Waals surface area contributed by atoms with Crippen LogP contribution < -0.4 is 0 Å². The first-order valence-corrected chi connectivity index (χ1v) is 7.87. The summed E-state index contributed by atoms with van der Waals surface area (Å²) >= 11 is 0. The highest BCUT2D eigenvalue weighted by Gasteiger charge is 2.19. The summed E-state index contributed by atoms with van der Waals surface area (Å²) in [5, 5.41) is 18.3. The summed E-state index contributed by atoms with van der Waals surface area (Å²) in [6, 6.07) is 1.41. The second-order valence-electron chi connectivity index (χ2n) is 6.21. The highest BCUT2D eigenvalue weighted by molar-refractivity contribution is 5.88. The van der Waals surface area contributed by atoms with E-state index < -0.39 is 11.9 Å². The number of carboxylic acid groups (broad SMARTS) is 2. The molecule has 2 heterocycles. The average molecular weight is 344 g/mol. The summed E-state index contributed by atoms with van der Waals surface area (Å²) in [6.07, 6.45) is 1.69. The van der Waals surface area contributed by atoms with Gasteiger partial charge < -0.3 is 10.2 Å². The molecule has 25 heavy (non-hydrogen) atoms. The minimum atomic E-state index is -1.11. The first kappa shape index (κ1) is 18.4. The summed E-state index contributed by atoms with van der Waals surface area (Å²) in [5.74, 6) is -1.57. The maximum Gasteiger partial charge on any atom is 0.354 e. The van der Waals surface area contributed by atoms with Crippen molar-refractivity contribution in [2.24, 2.45) is 0 Å². The van der Waals surface area contributed by atoms with Crippen LogP contribution in [0.1, 0.15) is 76.5 Å². The SMILES string of the molecule is Cc1cc(C(=O)O)nc(C(C)Cc2ncc(C(=O)O)c(C(C)C)n2)n1. The number of carbonyl (C=O) groups is 2. The van der Waals surface area contributed by atoms with Gasteiger partial charge in [-0.3, -0.25) is 0 Å². The van der Waals surface area contributed by atoms with E-state index >= 15 is 0 Å². The molecule has 132 valence electrons. The lowest BCUT2D eigenvalue weighted by Crippen LogP contribution is -2.14. The summed E-state index contributed by atoms with van der Waals surface area (Å²) < 4.78 is 0. The Balaban J connectivity index is 2.32. The number of nitrogens with zero attached hydrogens (tertiary/aromatic N) is 4. The zero-order valence-corrected chi connectivity index (χ0v) is 14.5. The van der Waals surface area contributed by atoms with Crippen molar-refractivity contribution >= 4 is 11.9 Å². The van der Waals surface area contributed by atoms with E-state index in [9.17, 15) is 14.7 Å². The number of carboxylic acids is 2. The highest BCUT2D eigenvalue weighted by atomic mass is 16.4. The number of aromatic carboxylic acids is 2. The number of hydrogen-bond acceptors (Lipinski definition) is 6. The average Bonchev–Trinajstić information content (AvgIpc) is 2.53. The largest absolute Gasteiger partial charge is 0.478 e. The summed E-state index contributed by atoms with van der Waals surface area (Å²) in [6.45, 7) is 7.29. The molecule has 0 aromatic carbocycles. The van der Waals surface area contributed by atoms with Gasteiger partial charge in [0.15, 0.2) is 5.69 Å². The molecule has 0 aliphatic rings. The predicted molar refractivity (Wildman–Crippen MR) is 88.9 cm³/mol. The third-order valence-corrected chi connectivity index (χ3v) is 3.67. The van der Waals surface area contributed by atoms with Gasteiger partial charge in [0.25, 0.3) is 0 Å². The molecule has 2 aromatic heterocycles. The van der Waals surface area contributed by atoms with Gasteiger partial charge in [0.2, 0.25) is 0 Å². The zero-order valence-electron chi connectivity index (χ0n) is 14.5. The van der Waals surface area contributed by atoms with E-state index in [1.807, 2.05) is 20.8 Å². The Hall–Kier alpha value is -2.90. The van der Waals surface area contributed by atoms with Gasteiger partial charge in [0, 0.05) is 24.2 Å². The fraction of sp³-hybridized carbons (Fsp3) is 0.412. The lowest BCUT2D eigenvalue weighted by atomic mass is 10.0. The molecule has 8 heteroatoms. The van der Waals surface area contributed by atoms with E-state index in [0.29, 0.717) is 29.5 Å². The standard InChI is InChI=1S/C17H20N4O4/c1-8(2)14-11(16(22)23)7-18-13(21-14)5-9(3)15-19-10(4)6-12(20-15)17(24)25/h6-9H,5H2,1-4H3,(H,22,23)(H,24,25). The summed E-state index contributed by atoms with van der Waals surface area (Å²) in [7, 11) is 0. The molecule has 0 aliphatic heterocycles. The van der Waals surface area contributed by atoms with Crippen molar-refractivity contribution in [3.8, 4) is 0 Å². The molecule has 1 atom stereocenters. The van der Waals surface area contributed by atoms with E-state index in [2.05, 4.69) is 19.9 Å². The number of rotatable bonds is 6. The molecule has 8 nitrogen and oxygen atoms in total. The Labute approximate surface area is 145 Å². The van der Waals surface area contributed by atoms with Crippen LogP contribution in [0.25, 0.3) is 0 Å². The zero-order chi connectivity index (χ0) is 18.7. The Morgan fingerprint density at radius 3 is 2.32 bits per heavy atom. The van der Waals surface area contributed by atoms with Crippen LogP contribution in [-0.2, 0) is 6.42 Å². The van der Waals surface area contributed by atoms with Crippen LogP contribution in [0.15, 0.2) is 12.3 Å². The summed E-state index contributed by atoms with van der Waals surface area (Å²) in [5.41, 5.74) is 1.08. The molecule has 0 amide bonds. The van der Waals surface area contributed by atoms with Crippen LogP contribution in [0.4, 0.5) is 0 Å². The van der Waals surface area contributed by atoms with Gasteiger partial charge in [-0.1, -0.05) is 20.8 Å². The molecule has 0 saturated carbocycles. The second-order valence-corrected chi connectivity index (χ2v) is 6.21. The monoisotopic (exact) mass is 344 g/mol. The first-order valence-electron chi connectivity index (χ1n) is 7.87. The minimum absolute atomic E-state index is 0.0561. The highest BCUT2D eigenvalue weighted by Crippen LogP contribution is 2.20. The van der Waals surface area contributed by atoms with Gasteiger partial charge >= 0.3 is 11.9 Å². The normalized spacial score (nSPS) is 12.2. The molecule has 0 spiro atoms. The lowest BCUT2D eigenvalue weighted by molar-refractivity contribution is 0.0681. The number of hydrogen-bond donors (Lipinski definition) is 2. The fourth-order valence-electron chi connectivity index (χ4n) is 2.42. The van der Waals surface area contributed by atoms with E-state index in [-0.39, 0.29) is 23.1 Å². The van der Waals surface area contributed by atoms with Crippen molar-refractivity contribution in [3.63, 3.8) is 0 Å². The van der Waals surface area contributed by atoms with Crippen molar-refractivity contribution in [1.29, 1.82) is 0 Å². The van der Waals surface area contributed by atoms with Gasteiger partial charge in [-0.15, -0.1) is 0 Å². The smallest absolute Gasteiger partial charge is 0.354 e. The van der Waals surface area contributed by atoms with Crippen molar-refractivity contribution in [1.82, 2.24) is 19.9 Å². The van der Waals surface area contributed by atoms with E-state index in [1.54, 1.807) is 6.92 Å². The van der Waals surface area contributed by atoms with Gasteiger partial charge in [0.1, 0.15) is 11.6 Å². The Morgan fingerprint density at radius 2 is 1.76 bits per heavy atom. The van der Waals surface area contributed by atoms with Gasteiger partial charge in [-0.05, 0) is 18.9 Å². The van der Waals surface area contributed by atoms with Gasteiger partial charge in [-0.2, -0.15) is 0 Å². The van der Waals surface area contributed by atoms with Crippen LogP contribution in [0, 0.1) is 6.92 Å². The Bertz CT molecular complexity index is 820. The molecule has 0 aliphatic carbocycles. The molecule has 1 unspecified atom stereocenters. The Kier molecular flexibility index (Phi) is 5.41. The lowest BCUT2D eigenvalue weighted by Gasteiger charge is -2.13.